The molecule has 0 radical (unpaired) electrons. The first-order valence-electron chi connectivity index (χ1n) is 5.67. The Hall–Kier alpha value is -1.62. The summed E-state index contributed by atoms with van der Waals surface area (Å²) in [6, 6.07) is 2.04. The minimum Gasteiger partial charge on any atom is -0.467 e. The standard InChI is InChI=1S/C12H18N4O/c1-12(2,3)14-5-10-4-11(17-7-10)6-16-9-13-8-15-16/h4,7-9,14H,5-6H2,1-3H3. The molecule has 5 heteroatoms. The van der Waals surface area contributed by atoms with Crippen molar-refractivity contribution in [2.45, 2.75) is 39.4 Å². The van der Waals surface area contributed by atoms with Crippen LogP contribution >= 0.6 is 0 Å². The van der Waals surface area contributed by atoms with Crippen LogP contribution in [-0.4, -0.2) is 20.3 Å². The zero-order valence-corrected chi connectivity index (χ0v) is 10.5. The fourth-order valence-corrected chi connectivity index (χ4v) is 1.44. The van der Waals surface area contributed by atoms with Gasteiger partial charge in [0.2, 0.25) is 0 Å². The molecule has 0 atom stereocenters. The summed E-state index contributed by atoms with van der Waals surface area (Å²) in [6.07, 6.45) is 4.98. The fourth-order valence-electron chi connectivity index (χ4n) is 1.44. The van der Waals surface area contributed by atoms with Gasteiger partial charge >= 0.3 is 0 Å². The summed E-state index contributed by atoms with van der Waals surface area (Å²) in [4.78, 5) is 3.89. The van der Waals surface area contributed by atoms with Crippen molar-refractivity contribution in [3.05, 3.63) is 36.3 Å². The summed E-state index contributed by atoms with van der Waals surface area (Å²) in [5.74, 6) is 0.890. The highest BCUT2D eigenvalue weighted by molar-refractivity contribution is 5.13. The van der Waals surface area contributed by atoms with Crippen molar-refractivity contribution >= 4 is 0 Å². The van der Waals surface area contributed by atoms with E-state index in [0.29, 0.717) is 6.54 Å². The van der Waals surface area contributed by atoms with Gasteiger partial charge in [-0.05, 0) is 26.8 Å². The maximum Gasteiger partial charge on any atom is 0.137 e. The van der Waals surface area contributed by atoms with Gasteiger partial charge in [-0.25, -0.2) is 9.67 Å². The van der Waals surface area contributed by atoms with Gasteiger partial charge in [-0.3, -0.25) is 0 Å². The molecule has 0 aliphatic rings. The first-order valence-corrected chi connectivity index (χ1v) is 5.67. The monoisotopic (exact) mass is 234 g/mol. The Labute approximate surface area is 101 Å². The lowest BCUT2D eigenvalue weighted by molar-refractivity contribution is 0.422. The van der Waals surface area contributed by atoms with E-state index in [2.05, 4.69) is 36.2 Å². The average molecular weight is 234 g/mol. The number of nitrogens with one attached hydrogen (secondary N) is 1. The highest BCUT2D eigenvalue weighted by atomic mass is 16.3. The Balaban J connectivity index is 1.92. The molecule has 17 heavy (non-hydrogen) atoms. The van der Waals surface area contributed by atoms with Gasteiger partial charge in [0.05, 0.1) is 6.26 Å². The van der Waals surface area contributed by atoms with E-state index in [4.69, 9.17) is 4.42 Å². The zero-order chi connectivity index (χ0) is 12.3. The number of nitrogens with zero attached hydrogens (tertiary/aromatic N) is 3. The molecule has 0 amide bonds. The van der Waals surface area contributed by atoms with Crippen molar-refractivity contribution in [3.63, 3.8) is 0 Å². The number of rotatable bonds is 4. The van der Waals surface area contributed by atoms with E-state index in [9.17, 15) is 0 Å². The highest BCUT2D eigenvalue weighted by Crippen LogP contribution is 2.10. The van der Waals surface area contributed by atoms with Crippen molar-refractivity contribution in [2.75, 3.05) is 0 Å². The normalized spacial score (nSPS) is 11.9. The smallest absolute Gasteiger partial charge is 0.137 e. The second kappa shape index (κ2) is 4.71. The number of aromatic nitrogens is 3. The maximum atomic E-state index is 5.47. The molecule has 1 N–H and O–H groups in total. The molecule has 2 rings (SSSR count). The molecule has 2 heterocycles. The zero-order valence-electron chi connectivity index (χ0n) is 10.5. The van der Waals surface area contributed by atoms with Crippen LogP contribution in [0.5, 0.6) is 0 Å². The third kappa shape index (κ3) is 3.71. The van der Waals surface area contributed by atoms with Crippen LogP contribution in [-0.2, 0) is 13.1 Å². The third-order valence-corrected chi connectivity index (χ3v) is 2.32. The van der Waals surface area contributed by atoms with Crippen LogP contribution < -0.4 is 5.32 Å². The van der Waals surface area contributed by atoms with Gasteiger partial charge in [-0.2, -0.15) is 5.10 Å². The lowest BCUT2D eigenvalue weighted by Crippen LogP contribution is -2.34. The van der Waals surface area contributed by atoms with Crippen LogP contribution in [0.15, 0.2) is 29.4 Å². The van der Waals surface area contributed by atoms with E-state index in [1.54, 1.807) is 17.3 Å². The summed E-state index contributed by atoms with van der Waals surface area (Å²) >= 11 is 0. The lowest BCUT2D eigenvalue weighted by Gasteiger charge is -2.19. The molecule has 0 aliphatic carbocycles. The van der Waals surface area contributed by atoms with Gasteiger partial charge < -0.3 is 9.73 Å². The predicted octanol–water partition coefficient (Wildman–Crippen LogP) is 1.81. The molecule has 0 spiro atoms. The van der Waals surface area contributed by atoms with Crippen LogP contribution in [0.2, 0.25) is 0 Å². The lowest BCUT2D eigenvalue weighted by atomic mass is 10.1. The van der Waals surface area contributed by atoms with Crippen molar-refractivity contribution in [3.8, 4) is 0 Å². The molecule has 0 aliphatic heterocycles. The van der Waals surface area contributed by atoms with Crippen molar-refractivity contribution in [1.82, 2.24) is 20.1 Å². The van der Waals surface area contributed by atoms with Crippen LogP contribution in [0.4, 0.5) is 0 Å². The molecule has 0 unspecified atom stereocenters. The Morgan fingerprint density at radius 1 is 1.41 bits per heavy atom. The molecule has 2 aromatic heterocycles. The highest BCUT2D eigenvalue weighted by Gasteiger charge is 2.10. The Bertz CT molecular complexity index is 453. The van der Waals surface area contributed by atoms with Crippen LogP contribution in [0.25, 0.3) is 0 Å². The molecule has 0 bridgehead atoms. The summed E-state index contributed by atoms with van der Waals surface area (Å²) < 4.78 is 7.21. The van der Waals surface area contributed by atoms with Crippen molar-refractivity contribution < 1.29 is 4.42 Å². The average Bonchev–Trinajstić information content (AvgIpc) is 2.86. The first-order chi connectivity index (χ1) is 8.03. The minimum absolute atomic E-state index is 0.114. The maximum absolute atomic E-state index is 5.47. The minimum atomic E-state index is 0.114. The molecule has 2 aromatic rings. The van der Waals surface area contributed by atoms with E-state index < -0.39 is 0 Å². The summed E-state index contributed by atoms with van der Waals surface area (Å²) in [6.45, 7) is 7.86. The van der Waals surface area contributed by atoms with Crippen LogP contribution in [0, 0.1) is 0 Å². The molecule has 5 nitrogen and oxygen atoms in total. The van der Waals surface area contributed by atoms with Crippen molar-refractivity contribution in [1.29, 1.82) is 0 Å². The number of furan rings is 1. The number of hydrogen-bond donors (Lipinski definition) is 1. The SMILES string of the molecule is CC(C)(C)NCc1coc(Cn2cncn2)c1. The fraction of sp³-hybridized carbons (Fsp3) is 0.500. The second-order valence-electron chi connectivity index (χ2n) is 5.12. The van der Waals surface area contributed by atoms with E-state index >= 15 is 0 Å². The Kier molecular flexibility index (Phi) is 3.28. The molecule has 0 saturated heterocycles. The summed E-state index contributed by atoms with van der Waals surface area (Å²) in [5.41, 5.74) is 1.26. The second-order valence-corrected chi connectivity index (χ2v) is 5.12. The molecule has 0 aromatic carbocycles. The Morgan fingerprint density at radius 3 is 2.88 bits per heavy atom. The van der Waals surface area contributed by atoms with E-state index in [0.717, 1.165) is 17.9 Å². The van der Waals surface area contributed by atoms with Crippen LogP contribution in [0.3, 0.4) is 0 Å². The summed E-state index contributed by atoms with van der Waals surface area (Å²) in [5, 5.41) is 7.45. The van der Waals surface area contributed by atoms with E-state index in [1.165, 1.54) is 6.33 Å². The predicted molar refractivity (Wildman–Crippen MR) is 64.4 cm³/mol. The van der Waals surface area contributed by atoms with Crippen LogP contribution in [0.1, 0.15) is 32.1 Å². The van der Waals surface area contributed by atoms with E-state index in [1.807, 2.05) is 6.07 Å². The molecule has 92 valence electrons. The van der Waals surface area contributed by atoms with Gasteiger partial charge in [0.15, 0.2) is 0 Å². The molecule has 0 saturated carbocycles. The van der Waals surface area contributed by atoms with Gasteiger partial charge in [-0.15, -0.1) is 0 Å². The van der Waals surface area contributed by atoms with Gasteiger partial charge in [0.1, 0.15) is 25.0 Å². The molecular formula is C12H18N4O. The van der Waals surface area contributed by atoms with Gasteiger partial charge in [0, 0.05) is 17.6 Å². The van der Waals surface area contributed by atoms with Gasteiger partial charge in [0.25, 0.3) is 0 Å². The largest absolute Gasteiger partial charge is 0.467 e. The first kappa shape index (κ1) is 11.9. The summed E-state index contributed by atoms with van der Waals surface area (Å²) in [7, 11) is 0. The number of hydrogen-bond acceptors (Lipinski definition) is 4. The Morgan fingerprint density at radius 2 is 2.24 bits per heavy atom. The van der Waals surface area contributed by atoms with Gasteiger partial charge in [-0.1, -0.05) is 0 Å². The quantitative estimate of drug-likeness (QED) is 0.876. The molecular weight excluding hydrogens is 216 g/mol. The third-order valence-electron chi connectivity index (χ3n) is 2.32. The topological polar surface area (TPSA) is 55.9 Å². The van der Waals surface area contributed by atoms with Crippen molar-refractivity contribution in [2.24, 2.45) is 0 Å². The molecule has 0 fully saturated rings. The van der Waals surface area contributed by atoms with E-state index in [-0.39, 0.29) is 5.54 Å².